The molecule has 19 heavy (non-hydrogen) atoms. The summed E-state index contributed by atoms with van der Waals surface area (Å²) in [7, 11) is 2.25. The third kappa shape index (κ3) is 1.70. The summed E-state index contributed by atoms with van der Waals surface area (Å²) in [5.41, 5.74) is 6.04. The molecular weight excluding hydrogens is 298 g/mol. The second kappa shape index (κ2) is 4.19. The molecule has 2 aromatic rings. The Bertz CT molecular complexity index is 649. The van der Waals surface area contributed by atoms with Crippen molar-refractivity contribution in [1.29, 1.82) is 0 Å². The fraction of sp³-hybridized carbons (Fsp3) is 0.294. The number of hydrogen-bond acceptors (Lipinski definition) is 1. The number of fused-ring (bicyclic) bond motifs is 1. The summed E-state index contributed by atoms with van der Waals surface area (Å²) in [6, 6.07) is 16.2. The molecule has 5 rings (SSSR count). The summed E-state index contributed by atoms with van der Waals surface area (Å²) >= 11 is 3.63. The van der Waals surface area contributed by atoms with Gasteiger partial charge in [-0.1, -0.05) is 46.3 Å². The van der Waals surface area contributed by atoms with Gasteiger partial charge in [0.05, 0.1) is 6.04 Å². The van der Waals surface area contributed by atoms with Gasteiger partial charge in [0.2, 0.25) is 0 Å². The molecule has 2 heterocycles. The second-order valence-electron chi connectivity index (χ2n) is 5.72. The lowest BCUT2D eigenvalue weighted by atomic mass is 9.86. The first kappa shape index (κ1) is 11.7. The molecule has 0 saturated heterocycles. The summed E-state index contributed by atoms with van der Waals surface area (Å²) in [6.45, 7) is 1.16. The van der Waals surface area contributed by atoms with Gasteiger partial charge < -0.3 is 0 Å². The van der Waals surface area contributed by atoms with Crippen molar-refractivity contribution >= 4 is 15.9 Å². The van der Waals surface area contributed by atoms with E-state index in [2.05, 4.69) is 70.3 Å². The highest BCUT2D eigenvalue weighted by Gasteiger charge is 2.36. The van der Waals surface area contributed by atoms with E-state index in [0.29, 0.717) is 12.0 Å². The third-order valence-electron chi connectivity index (χ3n) is 4.55. The highest BCUT2D eigenvalue weighted by Crippen LogP contribution is 2.45. The summed E-state index contributed by atoms with van der Waals surface area (Å²) in [5.74, 6) is 0.639. The number of rotatable bonds is 0. The van der Waals surface area contributed by atoms with Crippen molar-refractivity contribution in [1.82, 2.24) is 4.90 Å². The number of likely N-dealkylation sites (N-methyl/N-ethyl adjacent to an activating group) is 1. The van der Waals surface area contributed by atoms with Crippen LogP contribution in [0.1, 0.15) is 34.2 Å². The van der Waals surface area contributed by atoms with Crippen LogP contribution in [0.4, 0.5) is 0 Å². The maximum Gasteiger partial charge on any atom is 0.0605 e. The maximum absolute atomic E-state index is 3.63. The van der Waals surface area contributed by atoms with E-state index < -0.39 is 0 Å². The Morgan fingerprint density at radius 2 is 1.84 bits per heavy atom. The minimum Gasteiger partial charge on any atom is -0.295 e. The summed E-state index contributed by atoms with van der Waals surface area (Å²) in [6.07, 6.45) is 1.17. The van der Waals surface area contributed by atoms with Gasteiger partial charge in [-0.15, -0.1) is 0 Å². The molecule has 1 unspecified atom stereocenters. The van der Waals surface area contributed by atoms with E-state index in [1.54, 1.807) is 5.56 Å². The van der Waals surface area contributed by atoms with Crippen LogP contribution in [0, 0.1) is 0 Å². The molecule has 2 atom stereocenters. The first-order chi connectivity index (χ1) is 9.24. The Morgan fingerprint density at radius 3 is 2.68 bits per heavy atom. The molecule has 2 bridgehead atoms. The highest BCUT2D eigenvalue weighted by molar-refractivity contribution is 9.10. The lowest BCUT2D eigenvalue weighted by molar-refractivity contribution is 0.249. The number of halogens is 1. The van der Waals surface area contributed by atoms with Crippen LogP contribution in [0.25, 0.3) is 0 Å². The van der Waals surface area contributed by atoms with Gasteiger partial charge in [0, 0.05) is 16.9 Å². The highest BCUT2D eigenvalue weighted by atomic mass is 79.9. The Balaban J connectivity index is 2.01. The van der Waals surface area contributed by atoms with Crippen LogP contribution >= 0.6 is 15.9 Å². The van der Waals surface area contributed by atoms with Gasteiger partial charge in [0.25, 0.3) is 0 Å². The Labute approximate surface area is 122 Å². The van der Waals surface area contributed by atoms with Crippen LogP contribution in [0.15, 0.2) is 46.9 Å². The van der Waals surface area contributed by atoms with E-state index >= 15 is 0 Å². The Kier molecular flexibility index (Phi) is 2.58. The van der Waals surface area contributed by atoms with Gasteiger partial charge in [0.1, 0.15) is 0 Å². The minimum atomic E-state index is 0.419. The van der Waals surface area contributed by atoms with Crippen molar-refractivity contribution in [2.24, 2.45) is 0 Å². The van der Waals surface area contributed by atoms with E-state index in [1.165, 1.54) is 27.6 Å². The van der Waals surface area contributed by atoms with Crippen molar-refractivity contribution in [3.05, 3.63) is 69.2 Å². The van der Waals surface area contributed by atoms with Crippen molar-refractivity contribution in [3.63, 3.8) is 0 Å². The molecule has 1 nitrogen and oxygen atoms in total. The van der Waals surface area contributed by atoms with E-state index in [4.69, 9.17) is 0 Å². The van der Waals surface area contributed by atoms with E-state index in [0.717, 1.165) is 6.54 Å². The smallest absolute Gasteiger partial charge is 0.0605 e. The van der Waals surface area contributed by atoms with Crippen molar-refractivity contribution in [3.8, 4) is 0 Å². The number of nitrogens with zero attached hydrogens (tertiary/aromatic N) is 1. The molecule has 96 valence electrons. The van der Waals surface area contributed by atoms with E-state index in [1.807, 2.05) is 0 Å². The molecule has 1 aliphatic carbocycles. The van der Waals surface area contributed by atoms with Gasteiger partial charge in [-0.3, -0.25) is 4.90 Å². The van der Waals surface area contributed by atoms with E-state index in [9.17, 15) is 0 Å². The predicted molar refractivity (Wildman–Crippen MR) is 81.5 cm³/mol. The zero-order valence-corrected chi connectivity index (χ0v) is 12.5. The van der Waals surface area contributed by atoms with Gasteiger partial charge in [-0.05, 0) is 47.9 Å². The minimum absolute atomic E-state index is 0.419. The predicted octanol–water partition coefficient (Wildman–Crippen LogP) is 4.12. The molecule has 0 amide bonds. The first-order valence-corrected chi connectivity index (χ1v) is 7.61. The summed E-state index contributed by atoms with van der Waals surface area (Å²) in [4.78, 5) is 2.51. The third-order valence-corrected chi connectivity index (χ3v) is 5.04. The zero-order chi connectivity index (χ0) is 13.0. The average molecular weight is 314 g/mol. The Morgan fingerprint density at radius 1 is 1.05 bits per heavy atom. The molecule has 0 aromatic heterocycles. The van der Waals surface area contributed by atoms with Crippen LogP contribution in [0.2, 0.25) is 0 Å². The lowest BCUT2D eigenvalue weighted by Gasteiger charge is -2.36. The average Bonchev–Trinajstić information content (AvgIpc) is 2.62. The molecule has 2 aromatic carbocycles. The van der Waals surface area contributed by atoms with Gasteiger partial charge >= 0.3 is 0 Å². The molecule has 0 N–H and O–H groups in total. The van der Waals surface area contributed by atoms with Gasteiger partial charge in [-0.2, -0.15) is 0 Å². The molecule has 0 radical (unpaired) electrons. The molecule has 3 aliphatic rings. The molecule has 2 aliphatic heterocycles. The SMILES string of the molecule is CN1CC2Cc3ccc(Br)cc3[C@H]1c1ccccc12. The molecule has 0 saturated carbocycles. The monoisotopic (exact) mass is 313 g/mol. The van der Waals surface area contributed by atoms with Crippen LogP contribution in [-0.2, 0) is 6.42 Å². The van der Waals surface area contributed by atoms with Crippen LogP contribution in [0.3, 0.4) is 0 Å². The second-order valence-corrected chi connectivity index (χ2v) is 6.63. The molecule has 0 fully saturated rings. The topological polar surface area (TPSA) is 3.24 Å². The maximum atomic E-state index is 3.63. The van der Waals surface area contributed by atoms with Crippen LogP contribution in [-0.4, -0.2) is 18.5 Å². The normalized spacial score (nSPS) is 24.7. The standard InChI is InChI=1S/C17H16BrN/c1-19-10-12-8-11-6-7-13(18)9-16(11)17(19)15-5-3-2-4-14(12)15/h2-7,9,12,17H,8,10H2,1H3/t12?,17-/m1/s1. The molecule has 2 heteroatoms. The van der Waals surface area contributed by atoms with Crippen LogP contribution < -0.4 is 0 Å². The Hall–Kier alpha value is -1.12. The van der Waals surface area contributed by atoms with Crippen molar-refractivity contribution in [2.75, 3.05) is 13.6 Å². The first-order valence-electron chi connectivity index (χ1n) is 6.81. The molecule has 0 spiro atoms. The lowest BCUT2D eigenvalue weighted by Crippen LogP contribution is -2.33. The fourth-order valence-electron chi connectivity index (χ4n) is 3.77. The van der Waals surface area contributed by atoms with Gasteiger partial charge in [-0.25, -0.2) is 0 Å². The van der Waals surface area contributed by atoms with Crippen LogP contribution in [0.5, 0.6) is 0 Å². The quantitative estimate of drug-likeness (QED) is 0.707. The van der Waals surface area contributed by atoms with Gasteiger partial charge in [0.15, 0.2) is 0 Å². The zero-order valence-electron chi connectivity index (χ0n) is 10.9. The summed E-state index contributed by atoms with van der Waals surface area (Å²) in [5, 5.41) is 0. The largest absolute Gasteiger partial charge is 0.295 e. The van der Waals surface area contributed by atoms with Crippen molar-refractivity contribution in [2.45, 2.75) is 18.4 Å². The molecular formula is C17H16BrN. The van der Waals surface area contributed by atoms with E-state index in [-0.39, 0.29) is 0 Å². The fourth-order valence-corrected chi connectivity index (χ4v) is 4.15. The van der Waals surface area contributed by atoms with Crippen molar-refractivity contribution < 1.29 is 0 Å². The summed E-state index contributed by atoms with van der Waals surface area (Å²) < 4.78 is 1.18. The number of benzene rings is 2. The number of hydrogen-bond donors (Lipinski definition) is 0.